The van der Waals surface area contributed by atoms with Crippen LogP contribution in [-0.4, -0.2) is 34.0 Å². The zero-order valence-electron chi connectivity index (χ0n) is 17.1. The maximum Gasteiger partial charge on any atom is 0.216 e. The van der Waals surface area contributed by atoms with E-state index >= 15 is 0 Å². The fraction of sp³-hybridized carbons (Fsp3) is 0.381. The monoisotopic (exact) mass is 420 g/mol. The topological polar surface area (TPSA) is 82.6 Å². The summed E-state index contributed by atoms with van der Waals surface area (Å²) in [5.74, 6) is 0.393. The molecular weight excluding hydrogens is 391 g/mol. The number of hydrogen-bond acceptors (Lipinski definition) is 3. The second-order valence-corrected chi connectivity index (χ2v) is 8.83. The summed E-state index contributed by atoms with van der Waals surface area (Å²) in [7, 11) is -1.63. The van der Waals surface area contributed by atoms with Crippen LogP contribution in [0.2, 0.25) is 0 Å². The molecule has 0 aliphatic carbocycles. The second-order valence-electron chi connectivity index (χ2n) is 7.08. The molecule has 0 saturated carbocycles. The van der Waals surface area contributed by atoms with E-state index in [1.54, 1.807) is 33.0 Å². The summed E-state index contributed by atoms with van der Waals surface area (Å²) in [4.78, 5) is 4.19. The van der Waals surface area contributed by atoms with Crippen molar-refractivity contribution in [1.82, 2.24) is 15.4 Å². The van der Waals surface area contributed by atoms with Crippen LogP contribution in [0, 0.1) is 5.82 Å². The summed E-state index contributed by atoms with van der Waals surface area (Å²) in [5, 5.41) is 6.44. The van der Waals surface area contributed by atoms with Crippen LogP contribution < -0.4 is 15.4 Å². The van der Waals surface area contributed by atoms with E-state index in [4.69, 9.17) is 0 Å². The number of nitrogens with zero attached hydrogens (tertiary/aromatic N) is 1. The third kappa shape index (κ3) is 8.62. The fourth-order valence-corrected chi connectivity index (χ4v) is 4.19. The molecule has 0 bridgehead atoms. The van der Waals surface area contributed by atoms with Gasteiger partial charge in [0.15, 0.2) is 5.96 Å². The van der Waals surface area contributed by atoms with Gasteiger partial charge in [-0.15, -0.1) is 0 Å². The van der Waals surface area contributed by atoms with E-state index in [1.807, 2.05) is 24.3 Å². The number of sulfonamides is 1. The van der Waals surface area contributed by atoms with Gasteiger partial charge in [-0.25, -0.2) is 17.5 Å². The van der Waals surface area contributed by atoms with Gasteiger partial charge in [-0.1, -0.05) is 36.4 Å². The van der Waals surface area contributed by atoms with Crippen molar-refractivity contribution < 1.29 is 12.8 Å². The third-order valence-corrected chi connectivity index (χ3v) is 5.64. The van der Waals surface area contributed by atoms with Gasteiger partial charge in [0.2, 0.25) is 10.0 Å². The molecule has 0 fully saturated rings. The van der Waals surface area contributed by atoms with Crippen molar-refractivity contribution >= 4 is 16.0 Å². The summed E-state index contributed by atoms with van der Waals surface area (Å²) in [6.07, 6.45) is 0.758. The minimum absolute atomic E-state index is 0.0362. The van der Waals surface area contributed by atoms with Crippen LogP contribution in [0.1, 0.15) is 30.5 Å². The first-order chi connectivity index (χ1) is 13.8. The molecule has 158 valence electrons. The van der Waals surface area contributed by atoms with Crippen LogP contribution in [0.25, 0.3) is 0 Å². The molecule has 29 heavy (non-hydrogen) atoms. The molecule has 2 rings (SSSR count). The molecule has 0 amide bonds. The number of nitrogens with one attached hydrogen (secondary N) is 3. The Morgan fingerprint density at radius 2 is 1.55 bits per heavy atom. The Hall–Kier alpha value is -2.45. The predicted octanol–water partition coefficient (Wildman–Crippen LogP) is 2.56. The Kier molecular flexibility index (Phi) is 8.60. The molecule has 0 aliphatic rings. The van der Waals surface area contributed by atoms with E-state index in [-0.39, 0.29) is 17.6 Å². The van der Waals surface area contributed by atoms with Crippen molar-refractivity contribution in [2.24, 2.45) is 4.99 Å². The van der Waals surface area contributed by atoms with Crippen molar-refractivity contribution in [3.63, 3.8) is 0 Å². The van der Waals surface area contributed by atoms with Gasteiger partial charge in [0, 0.05) is 26.2 Å². The molecule has 0 heterocycles. The molecule has 0 saturated heterocycles. The summed E-state index contributed by atoms with van der Waals surface area (Å²) in [6.45, 7) is 4.83. The minimum Gasteiger partial charge on any atom is -0.356 e. The lowest BCUT2D eigenvalue weighted by Gasteiger charge is -2.13. The van der Waals surface area contributed by atoms with E-state index in [0.29, 0.717) is 19.0 Å². The highest BCUT2D eigenvalue weighted by atomic mass is 32.2. The first-order valence-corrected chi connectivity index (χ1v) is 11.2. The van der Waals surface area contributed by atoms with Gasteiger partial charge in [-0.3, -0.25) is 4.99 Å². The van der Waals surface area contributed by atoms with Gasteiger partial charge in [0.25, 0.3) is 0 Å². The molecule has 0 atom stereocenters. The molecule has 2 aromatic rings. The van der Waals surface area contributed by atoms with Crippen molar-refractivity contribution in [2.75, 3.05) is 13.6 Å². The third-order valence-electron chi connectivity index (χ3n) is 4.10. The highest BCUT2D eigenvalue weighted by Crippen LogP contribution is 2.08. The molecule has 0 radical (unpaired) electrons. The average Bonchev–Trinajstić information content (AvgIpc) is 2.66. The molecule has 8 heteroatoms. The van der Waals surface area contributed by atoms with Crippen LogP contribution in [0.5, 0.6) is 0 Å². The Morgan fingerprint density at radius 3 is 2.14 bits per heavy atom. The zero-order valence-corrected chi connectivity index (χ0v) is 17.9. The maximum absolute atomic E-state index is 12.9. The molecule has 2 aromatic carbocycles. The van der Waals surface area contributed by atoms with Crippen LogP contribution >= 0.6 is 0 Å². The molecule has 0 aromatic heterocycles. The van der Waals surface area contributed by atoms with Gasteiger partial charge in [-0.05, 0) is 49.1 Å². The van der Waals surface area contributed by atoms with E-state index in [1.165, 1.54) is 12.1 Å². The first kappa shape index (κ1) is 22.8. The minimum atomic E-state index is -3.33. The molecule has 0 aliphatic heterocycles. The molecule has 6 nitrogen and oxygen atoms in total. The lowest BCUT2D eigenvalue weighted by Crippen LogP contribution is -2.37. The number of rotatable bonds is 9. The predicted molar refractivity (Wildman–Crippen MR) is 116 cm³/mol. The van der Waals surface area contributed by atoms with Gasteiger partial charge in [0.05, 0.1) is 5.75 Å². The first-order valence-electron chi connectivity index (χ1n) is 9.54. The van der Waals surface area contributed by atoms with Gasteiger partial charge >= 0.3 is 0 Å². The molecular formula is C21H29FN4O2S. The largest absolute Gasteiger partial charge is 0.356 e. The lowest BCUT2D eigenvalue weighted by molar-refractivity contribution is 0.569. The molecule has 3 N–H and O–H groups in total. The van der Waals surface area contributed by atoms with Crippen LogP contribution in [0.3, 0.4) is 0 Å². The van der Waals surface area contributed by atoms with Gasteiger partial charge in [0.1, 0.15) is 5.82 Å². The average molecular weight is 421 g/mol. The van der Waals surface area contributed by atoms with Crippen molar-refractivity contribution in [3.8, 4) is 0 Å². The number of halogens is 1. The Bertz CT molecular complexity index is 895. The summed E-state index contributed by atoms with van der Waals surface area (Å²) in [6, 6.07) is 13.8. The van der Waals surface area contributed by atoms with Crippen molar-refractivity contribution in [3.05, 3.63) is 71.0 Å². The van der Waals surface area contributed by atoms with Gasteiger partial charge in [-0.2, -0.15) is 0 Å². The number of hydrogen-bond donors (Lipinski definition) is 3. The molecule has 0 spiro atoms. The Morgan fingerprint density at radius 1 is 0.966 bits per heavy atom. The van der Waals surface area contributed by atoms with E-state index in [0.717, 1.165) is 23.1 Å². The summed E-state index contributed by atoms with van der Waals surface area (Å²) < 4.78 is 39.5. The zero-order chi connectivity index (χ0) is 21.3. The standard InChI is InChI=1S/C21H29FN4O2S/c1-16(2)26-29(27,28)15-19-6-4-18(5-7-19)14-25-21(23-3)24-13-12-17-8-10-20(22)11-9-17/h4-11,16,26H,12-15H2,1-3H3,(H2,23,24,25). The van der Waals surface area contributed by atoms with E-state index in [9.17, 15) is 12.8 Å². The number of benzene rings is 2. The van der Waals surface area contributed by atoms with Crippen LogP contribution in [-0.2, 0) is 28.7 Å². The maximum atomic E-state index is 12.9. The normalized spacial score (nSPS) is 12.2. The Balaban J connectivity index is 1.79. The Labute approximate surface area is 172 Å². The van der Waals surface area contributed by atoms with Crippen molar-refractivity contribution in [2.45, 2.75) is 38.6 Å². The second kappa shape index (κ2) is 10.9. The lowest BCUT2D eigenvalue weighted by atomic mass is 10.1. The molecule has 0 unspecified atom stereocenters. The van der Waals surface area contributed by atoms with E-state index < -0.39 is 10.0 Å². The van der Waals surface area contributed by atoms with Crippen molar-refractivity contribution in [1.29, 1.82) is 0 Å². The highest BCUT2D eigenvalue weighted by Gasteiger charge is 2.12. The van der Waals surface area contributed by atoms with E-state index in [2.05, 4.69) is 20.3 Å². The van der Waals surface area contributed by atoms with Gasteiger partial charge < -0.3 is 10.6 Å². The quantitative estimate of drug-likeness (QED) is 0.430. The SMILES string of the molecule is CN=C(NCCc1ccc(F)cc1)NCc1ccc(CS(=O)(=O)NC(C)C)cc1. The fourth-order valence-electron chi connectivity index (χ4n) is 2.76. The smallest absolute Gasteiger partial charge is 0.216 e. The summed E-state index contributed by atoms with van der Waals surface area (Å²) in [5.41, 5.74) is 2.81. The highest BCUT2D eigenvalue weighted by molar-refractivity contribution is 7.88. The van der Waals surface area contributed by atoms with Crippen LogP contribution in [0.4, 0.5) is 4.39 Å². The number of guanidine groups is 1. The number of aliphatic imine (C=N–C) groups is 1. The summed E-state index contributed by atoms with van der Waals surface area (Å²) >= 11 is 0. The van der Waals surface area contributed by atoms with Crippen LogP contribution in [0.15, 0.2) is 53.5 Å².